The van der Waals surface area contributed by atoms with E-state index in [2.05, 4.69) is 103 Å². The first-order valence-electron chi connectivity index (χ1n) is 16.2. The van der Waals surface area contributed by atoms with Crippen molar-refractivity contribution in [3.63, 3.8) is 0 Å². The number of aliphatic hydroxyl groups excluding tert-OH is 1. The molecule has 50 heavy (non-hydrogen) atoms. The Morgan fingerprint density at radius 2 is 0.940 bits per heavy atom. The minimum Gasteiger partial charge on any atom is -0.505 e. The number of fused-ring (bicyclic) bond motifs is 6. The van der Waals surface area contributed by atoms with Crippen LogP contribution in [-0.4, -0.2) is 25.7 Å². The number of rotatable bonds is 6. The van der Waals surface area contributed by atoms with Crippen LogP contribution < -0.4 is 5.43 Å². The number of allylic oxidation sites excluding steroid dienone is 2. The Kier molecular flexibility index (Phi) is 6.91. The third-order valence-electron chi connectivity index (χ3n) is 9.03. The van der Waals surface area contributed by atoms with Crippen LogP contribution in [-0.2, 0) is 4.79 Å². The average molecular weight is 649 g/mol. The van der Waals surface area contributed by atoms with Gasteiger partial charge in [0.25, 0.3) is 0 Å². The SMILES string of the molecule is O=C1C=C(O)C(N=Nc2ccc(-n3c4ccccc4c4ccccc43)cc2)=C/C1=N/Nc1ccc(-n2c3ccccc3c3ccccc32)cc1. The lowest BCUT2D eigenvalue weighted by atomic mass is 10.1. The smallest absolute Gasteiger partial charge is 0.209 e. The quantitative estimate of drug-likeness (QED) is 0.107. The summed E-state index contributed by atoms with van der Waals surface area (Å²) in [6, 6.07) is 49.0. The van der Waals surface area contributed by atoms with E-state index in [9.17, 15) is 9.90 Å². The zero-order valence-corrected chi connectivity index (χ0v) is 26.6. The molecule has 238 valence electrons. The van der Waals surface area contributed by atoms with E-state index >= 15 is 0 Å². The standard InChI is InChI=1S/C42H28N6O2/c49-41-26-42(50)36(46-44-28-19-23-30(24-20-28)48-39-15-7-3-11-33(39)34-12-4-8-16-40(34)48)25-35(41)45-43-27-17-21-29(22-18-27)47-37-13-5-1-9-31(37)32-10-2-6-14-38(32)47/h1-26,43,50H/b45-35-,46-44?. The zero-order chi connectivity index (χ0) is 33.6. The topological polar surface area (TPSA) is 96.3 Å². The van der Waals surface area contributed by atoms with Gasteiger partial charge in [0.05, 0.1) is 33.4 Å². The minimum absolute atomic E-state index is 0.102. The third kappa shape index (κ3) is 4.94. The molecule has 9 rings (SSSR count). The predicted octanol–water partition coefficient (Wildman–Crippen LogP) is 10.3. The molecular weight excluding hydrogens is 621 g/mol. The van der Waals surface area contributed by atoms with E-state index < -0.39 is 5.78 Å². The monoisotopic (exact) mass is 648 g/mol. The highest BCUT2D eigenvalue weighted by Crippen LogP contribution is 2.34. The summed E-state index contributed by atoms with van der Waals surface area (Å²) < 4.78 is 4.46. The molecule has 0 spiro atoms. The number of hydrazone groups is 1. The number of para-hydroxylation sites is 4. The van der Waals surface area contributed by atoms with Gasteiger partial charge in [0.1, 0.15) is 17.2 Å². The van der Waals surface area contributed by atoms with Gasteiger partial charge in [-0.1, -0.05) is 72.8 Å². The summed E-state index contributed by atoms with van der Waals surface area (Å²) in [6.45, 7) is 0. The van der Waals surface area contributed by atoms with Gasteiger partial charge in [-0.05, 0) is 72.8 Å². The Bertz CT molecular complexity index is 2640. The lowest BCUT2D eigenvalue weighted by Crippen LogP contribution is -2.16. The molecule has 6 aromatic carbocycles. The van der Waals surface area contributed by atoms with Crippen molar-refractivity contribution < 1.29 is 9.90 Å². The number of ketones is 1. The van der Waals surface area contributed by atoms with Crippen LogP contribution in [0.1, 0.15) is 0 Å². The summed E-state index contributed by atoms with van der Waals surface area (Å²) in [7, 11) is 0. The summed E-state index contributed by atoms with van der Waals surface area (Å²) in [5, 5.41) is 28.2. The number of hydrogen-bond donors (Lipinski definition) is 2. The number of nitrogens with zero attached hydrogens (tertiary/aromatic N) is 5. The fourth-order valence-electron chi connectivity index (χ4n) is 6.71. The molecule has 0 radical (unpaired) electrons. The van der Waals surface area contributed by atoms with Gasteiger partial charge in [-0.2, -0.15) is 10.2 Å². The summed E-state index contributed by atoms with van der Waals surface area (Å²) >= 11 is 0. The number of anilines is 1. The maximum Gasteiger partial charge on any atom is 0.209 e. The second kappa shape index (κ2) is 11.9. The van der Waals surface area contributed by atoms with E-state index in [0.717, 1.165) is 39.5 Å². The molecule has 0 bridgehead atoms. The van der Waals surface area contributed by atoms with E-state index in [0.29, 0.717) is 11.4 Å². The Morgan fingerprint density at radius 1 is 0.500 bits per heavy atom. The molecule has 8 heteroatoms. The Morgan fingerprint density at radius 3 is 1.42 bits per heavy atom. The van der Waals surface area contributed by atoms with E-state index in [4.69, 9.17) is 0 Å². The molecule has 0 unspecified atom stereocenters. The third-order valence-corrected chi connectivity index (χ3v) is 9.03. The Hall–Kier alpha value is -7.06. The van der Waals surface area contributed by atoms with Gasteiger partial charge in [0.2, 0.25) is 5.78 Å². The molecular formula is C42H28N6O2. The van der Waals surface area contributed by atoms with Crippen molar-refractivity contribution in [1.29, 1.82) is 0 Å². The number of aliphatic hydroxyl groups is 1. The fraction of sp³-hybridized carbons (Fsp3) is 0. The van der Waals surface area contributed by atoms with Gasteiger partial charge < -0.3 is 14.2 Å². The lowest BCUT2D eigenvalue weighted by Gasteiger charge is -2.10. The van der Waals surface area contributed by atoms with Gasteiger partial charge >= 0.3 is 0 Å². The molecule has 8 nitrogen and oxygen atoms in total. The number of nitrogens with one attached hydrogen (secondary N) is 1. The van der Waals surface area contributed by atoms with E-state index in [1.165, 1.54) is 27.6 Å². The summed E-state index contributed by atoms with van der Waals surface area (Å²) in [5.41, 5.74) is 11.0. The van der Waals surface area contributed by atoms with Crippen LogP contribution >= 0.6 is 0 Å². The van der Waals surface area contributed by atoms with Crippen LogP contribution in [0.15, 0.2) is 185 Å². The van der Waals surface area contributed by atoms with Crippen LogP contribution in [0.25, 0.3) is 55.0 Å². The van der Waals surface area contributed by atoms with Gasteiger partial charge in [-0.25, -0.2) is 0 Å². The predicted molar refractivity (Wildman–Crippen MR) is 201 cm³/mol. The fourth-order valence-corrected chi connectivity index (χ4v) is 6.71. The summed E-state index contributed by atoms with van der Waals surface area (Å²) in [5.74, 6) is -0.707. The van der Waals surface area contributed by atoms with Gasteiger partial charge in [-0.3, -0.25) is 10.2 Å². The van der Waals surface area contributed by atoms with Gasteiger partial charge in [-0.15, -0.1) is 5.11 Å². The van der Waals surface area contributed by atoms with Crippen LogP contribution in [0.5, 0.6) is 0 Å². The van der Waals surface area contributed by atoms with Gasteiger partial charge in [0, 0.05) is 45.1 Å². The first-order valence-corrected chi connectivity index (χ1v) is 16.2. The second-order valence-corrected chi connectivity index (χ2v) is 12.0. The molecule has 0 saturated heterocycles. The van der Waals surface area contributed by atoms with Crippen molar-refractivity contribution in [2.45, 2.75) is 0 Å². The maximum absolute atomic E-state index is 12.7. The van der Waals surface area contributed by atoms with Crippen LogP contribution in [0, 0.1) is 0 Å². The number of benzene rings is 6. The molecule has 2 heterocycles. The van der Waals surface area contributed by atoms with Crippen molar-refractivity contribution in [2.75, 3.05) is 5.43 Å². The Labute approximate surface area is 286 Å². The highest BCUT2D eigenvalue weighted by molar-refractivity contribution is 6.49. The number of carbonyl (C=O) groups is 1. The number of azo groups is 1. The molecule has 2 N–H and O–H groups in total. The molecule has 8 aromatic rings. The van der Waals surface area contributed by atoms with Crippen LogP contribution in [0.4, 0.5) is 11.4 Å². The normalized spacial score (nSPS) is 14.3. The first-order chi connectivity index (χ1) is 24.6. The average Bonchev–Trinajstić information content (AvgIpc) is 3.68. The molecule has 0 atom stereocenters. The minimum atomic E-state index is -0.439. The molecule has 0 saturated carbocycles. The summed E-state index contributed by atoms with van der Waals surface area (Å²) in [6.07, 6.45) is 2.53. The van der Waals surface area contributed by atoms with Crippen molar-refractivity contribution in [3.05, 3.63) is 169 Å². The number of hydrogen-bond acceptors (Lipinski definition) is 6. The van der Waals surface area contributed by atoms with Crippen molar-refractivity contribution in [2.24, 2.45) is 15.3 Å². The summed E-state index contributed by atoms with van der Waals surface area (Å²) in [4.78, 5) is 12.7. The highest BCUT2D eigenvalue weighted by atomic mass is 16.3. The highest BCUT2D eigenvalue weighted by Gasteiger charge is 2.19. The largest absolute Gasteiger partial charge is 0.505 e. The lowest BCUT2D eigenvalue weighted by molar-refractivity contribution is -0.109. The second-order valence-electron chi connectivity index (χ2n) is 12.0. The van der Waals surface area contributed by atoms with Crippen LogP contribution in [0.3, 0.4) is 0 Å². The molecule has 0 aliphatic heterocycles. The van der Waals surface area contributed by atoms with Crippen molar-refractivity contribution >= 4 is 66.5 Å². The van der Waals surface area contributed by atoms with Crippen LogP contribution in [0.2, 0.25) is 0 Å². The maximum atomic E-state index is 12.7. The number of aromatic nitrogens is 2. The number of carbonyl (C=O) groups excluding carboxylic acids is 1. The van der Waals surface area contributed by atoms with Gasteiger partial charge in [0.15, 0.2) is 0 Å². The van der Waals surface area contributed by atoms with Crippen molar-refractivity contribution in [1.82, 2.24) is 9.13 Å². The first kappa shape index (κ1) is 29.1. The molecule has 0 amide bonds. The van der Waals surface area contributed by atoms with E-state index in [-0.39, 0.29) is 17.2 Å². The molecule has 2 aromatic heterocycles. The molecule has 0 fully saturated rings. The molecule has 1 aliphatic carbocycles. The van der Waals surface area contributed by atoms with E-state index in [1.54, 1.807) is 0 Å². The van der Waals surface area contributed by atoms with Crippen molar-refractivity contribution in [3.8, 4) is 11.4 Å². The zero-order valence-electron chi connectivity index (χ0n) is 26.6. The molecule has 1 aliphatic rings. The Balaban J connectivity index is 0.951. The van der Waals surface area contributed by atoms with E-state index in [1.807, 2.05) is 72.8 Å².